The molecular formula is C16H22BrNO. The Morgan fingerprint density at radius 3 is 2.53 bits per heavy atom. The number of fused-ring (bicyclic) bond motifs is 1. The summed E-state index contributed by atoms with van der Waals surface area (Å²) in [5.41, 5.74) is 3.60. The van der Waals surface area contributed by atoms with Crippen LogP contribution >= 0.6 is 15.9 Å². The van der Waals surface area contributed by atoms with E-state index in [1.54, 1.807) is 0 Å². The summed E-state index contributed by atoms with van der Waals surface area (Å²) < 4.78 is 7.23. The Bertz CT molecular complexity index is 593. The fourth-order valence-electron chi connectivity index (χ4n) is 2.26. The molecule has 0 amide bonds. The van der Waals surface area contributed by atoms with E-state index in [9.17, 15) is 0 Å². The monoisotopic (exact) mass is 323 g/mol. The summed E-state index contributed by atoms with van der Waals surface area (Å²) in [5, 5.41) is 4.73. The molecule has 2 aromatic rings. The van der Waals surface area contributed by atoms with Crippen LogP contribution in [0.3, 0.4) is 0 Å². The number of aryl methyl sites for hydroxylation is 2. The molecule has 0 saturated carbocycles. The van der Waals surface area contributed by atoms with Gasteiger partial charge in [0.2, 0.25) is 0 Å². The van der Waals surface area contributed by atoms with Crippen molar-refractivity contribution in [1.29, 1.82) is 0 Å². The van der Waals surface area contributed by atoms with Gasteiger partial charge in [-0.05, 0) is 45.7 Å². The molecule has 1 heterocycles. The van der Waals surface area contributed by atoms with E-state index in [0.717, 1.165) is 28.8 Å². The van der Waals surface area contributed by atoms with Crippen LogP contribution in [0.4, 0.5) is 0 Å². The minimum absolute atomic E-state index is 0.0935. The lowest BCUT2D eigenvalue weighted by molar-refractivity contribution is 0.393. The number of furan rings is 1. The number of halogens is 1. The highest BCUT2D eigenvalue weighted by molar-refractivity contribution is 9.10. The van der Waals surface area contributed by atoms with Gasteiger partial charge in [0.1, 0.15) is 11.3 Å². The largest absolute Gasteiger partial charge is 0.459 e. The van der Waals surface area contributed by atoms with Crippen LogP contribution in [0.15, 0.2) is 21.0 Å². The van der Waals surface area contributed by atoms with E-state index in [1.165, 1.54) is 16.5 Å². The lowest BCUT2D eigenvalue weighted by atomic mass is 10.1. The van der Waals surface area contributed by atoms with Gasteiger partial charge in [-0.2, -0.15) is 0 Å². The van der Waals surface area contributed by atoms with E-state index >= 15 is 0 Å². The second-order valence-electron chi connectivity index (χ2n) is 6.03. The van der Waals surface area contributed by atoms with E-state index in [1.807, 2.05) is 0 Å². The standard InChI is InChI=1S/C16H22BrNO/c1-6-11-13(9-18-16(3,4)5)19-15-10(2)7-8-12(17)14(11)15/h7-8,18H,6,9H2,1-5H3. The lowest BCUT2D eigenvalue weighted by Crippen LogP contribution is -2.35. The molecule has 2 rings (SSSR count). The third-order valence-corrected chi connectivity index (χ3v) is 3.96. The molecule has 0 radical (unpaired) electrons. The zero-order valence-corrected chi connectivity index (χ0v) is 13.9. The summed E-state index contributed by atoms with van der Waals surface area (Å²) in [5.74, 6) is 1.06. The zero-order chi connectivity index (χ0) is 14.2. The van der Waals surface area contributed by atoms with Crippen molar-refractivity contribution in [3.8, 4) is 0 Å². The molecular weight excluding hydrogens is 302 g/mol. The molecule has 0 saturated heterocycles. The lowest BCUT2D eigenvalue weighted by Gasteiger charge is -2.19. The van der Waals surface area contributed by atoms with Crippen LogP contribution in [0, 0.1) is 6.92 Å². The van der Waals surface area contributed by atoms with E-state index in [4.69, 9.17) is 4.42 Å². The van der Waals surface area contributed by atoms with E-state index in [-0.39, 0.29) is 5.54 Å². The summed E-state index contributed by atoms with van der Waals surface area (Å²) >= 11 is 3.65. The quantitative estimate of drug-likeness (QED) is 0.864. The van der Waals surface area contributed by atoms with Crippen molar-refractivity contribution in [2.75, 3.05) is 0 Å². The van der Waals surface area contributed by atoms with Gasteiger partial charge < -0.3 is 9.73 Å². The third kappa shape index (κ3) is 3.03. The van der Waals surface area contributed by atoms with Crippen molar-refractivity contribution in [2.24, 2.45) is 0 Å². The predicted molar refractivity (Wildman–Crippen MR) is 84.6 cm³/mol. The first kappa shape index (κ1) is 14.6. The maximum absolute atomic E-state index is 6.10. The Kier molecular flexibility index (Phi) is 4.07. The number of rotatable bonds is 3. The van der Waals surface area contributed by atoms with Crippen LogP contribution in [-0.4, -0.2) is 5.54 Å². The molecule has 1 N–H and O–H groups in total. The second kappa shape index (κ2) is 5.29. The Morgan fingerprint density at radius 1 is 1.26 bits per heavy atom. The Hall–Kier alpha value is -0.800. The van der Waals surface area contributed by atoms with Crippen LogP contribution in [0.25, 0.3) is 11.0 Å². The Balaban J connectivity index is 2.50. The Morgan fingerprint density at radius 2 is 1.95 bits per heavy atom. The van der Waals surface area contributed by atoms with E-state index < -0.39 is 0 Å². The van der Waals surface area contributed by atoms with Gasteiger partial charge in [-0.25, -0.2) is 0 Å². The number of nitrogens with one attached hydrogen (secondary N) is 1. The van der Waals surface area contributed by atoms with Crippen LogP contribution in [0.2, 0.25) is 0 Å². The molecule has 1 aromatic carbocycles. The van der Waals surface area contributed by atoms with Gasteiger partial charge in [-0.1, -0.05) is 28.9 Å². The number of hydrogen-bond acceptors (Lipinski definition) is 2. The topological polar surface area (TPSA) is 25.2 Å². The van der Waals surface area contributed by atoms with Gasteiger partial charge in [-0.15, -0.1) is 0 Å². The molecule has 2 nitrogen and oxygen atoms in total. The fraction of sp³-hybridized carbons (Fsp3) is 0.500. The molecule has 1 aromatic heterocycles. The highest BCUT2D eigenvalue weighted by Gasteiger charge is 2.18. The second-order valence-corrected chi connectivity index (χ2v) is 6.88. The van der Waals surface area contributed by atoms with Crippen LogP contribution < -0.4 is 5.32 Å². The van der Waals surface area contributed by atoms with Crippen LogP contribution in [0.5, 0.6) is 0 Å². The Labute approximate surface area is 123 Å². The van der Waals surface area contributed by atoms with Gasteiger partial charge in [0.05, 0.1) is 6.54 Å². The van der Waals surface area contributed by atoms with Crippen LogP contribution in [-0.2, 0) is 13.0 Å². The molecule has 0 aliphatic carbocycles. The molecule has 0 bridgehead atoms. The molecule has 19 heavy (non-hydrogen) atoms. The van der Waals surface area contributed by atoms with Crippen molar-refractivity contribution in [2.45, 2.75) is 53.1 Å². The van der Waals surface area contributed by atoms with E-state index in [2.05, 4.69) is 68.0 Å². The smallest absolute Gasteiger partial charge is 0.138 e. The average Bonchev–Trinajstić information content (AvgIpc) is 2.70. The zero-order valence-electron chi connectivity index (χ0n) is 12.4. The van der Waals surface area contributed by atoms with Crippen molar-refractivity contribution >= 4 is 26.9 Å². The summed E-state index contributed by atoms with van der Waals surface area (Å²) in [4.78, 5) is 0. The van der Waals surface area contributed by atoms with Crippen molar-refractivity contribution < 1.29 is 4.42 Å². The minimum atomic E-state index is 0.0935. The summed E-state index contributed by atoms with van der Waals surface area (Å²) in [6.07, 6.45) is 0.982. The molecule has 0 aliphatic rings. The first-order valence-electron chi connectivity index (χ1n) is 6.78. The van der Waals surface area contributed by atoms with Crippen molar-refractivity contribution in [3.05, 3.63) is 33.5 Å². The van der Waals surface area contributed by atoms with Crippen molar-refractivity contribution in [1.82, 2.24) is 5.32 Å². The summed E-state index contributed by atoms with van der Waals surface area (Å²) in [6, 6.07) is 4.20. The fourth-order valence-corrected chi connectivity index (χ4v) is 2.81. The van der Waals surface area contributed by atoms with Gasteiger partial charge in [0, 0.05) is 21.0 Å². The average molecular weight is 324 g/mol. The van der Waals surface area contributed by atoms with E-state index in [0.29, 0.717) is 0 Å². The maximum atomic E-state index is 6.10. The van der Waals surface area contributed by atoms with Gasteiger partial charge >= 0.3 is 0 Å². The summed E-state index contributed by atoms with van der Waals surface area (Å²) in [7, 11) is 0. The van der Waals surface area contributed by atoms with Crippen molar-refractivity contribution in [3.63, 3.8) is 0 Å². The molecule has 3 heteroatoms. The first-order valence-corrected chi connectivity index (χ1v) is 7.57. The summed E-state index contributed by atoms with van der Waals surface area (Å²) in [6.45, 7) is 11.6. The molecule has 0 fully saturated rings. The normalized spacial score (nSPS) is 12.3. The highest BCUT2D eigenvalue weighted by Crippen LogP contribution is 2.34. The number of hydrogen-bond donors (Lipinski definition) is 1. The molecule has 0 aliphatic heterocycles. The SMILES string of the molecule is CCc1c(CNC(C)(C)C)oc2c(C)ccc(Br)c12. The highest BCUT2D eigenvalue weighted by atomic mass is 79.9. The molecule has 0 unspecified atom stereocenters. The van der Waals surface area contributed by atoms with Gasteiger partial charge in [0.15, 0.2) is 0 Å². The van der Waals surface area contributed by atoms with Gasteiger partial charge in [-0.3, -0.25) is 0 Å². The molecule has 0 atom stereocenters. The number of benzene rings is 1. The molecule has 0 spiro atoms. The maximum Gasteiger partial charge on any atom is 0.138 e. The molecule has 104 valence electrons. The predicted octanol–water partition coefficient (Wildman–Crippen LogP) is 4.95. The minimum Gasteiger partial charge on any atom is -0.459 e. The first-order chi connectivity index (χ1) is 8.83. The van der Waals surface area contributed by atoms with Gasteiger partial charge in [0.25, 0.3) is 0 Å². The van der Waals surface area contributed by atoms with Crippen LogP contribution in [0.1, 0.15) is 44.6 Å². The third-order valence-electron chi connectivity index (χ3n) is 3.30.